The molecular weight excluding hydrogens is 376 g/mol. The highest BCUT2D eigenvalue weighted by molar-refractivity contribution is 5.95. The number of carbonyl (C=O) groups excluding carboxylic acids is 1. The molecule has 2 aromatic rings. The molecule has 0 bridgehead atoms. The molecule has 158 valence electrons. The van der Waals surface area contributed by atoms with Crippen LogP contribution in [0.5, 0.6) is 5.75 Å². The molecule has 0 aromatic heterocycles. The number of ether oxygens (including phenoxy) is 1. The Kier molecular flexibility index (Phi) is 5.46. The molecule has 5 rings (SSSR count). The van der Waals surface area contributed by atoms with Gasteiger partial charge in [0.2, 0.25) is 5.91 Å². The SMILES string of the molecule is COc1ccc2c(c1)CCC1C(C(=O)Nc3cccc(CN4CCCC4)c3)NNC21. The summed E-state index contributed by atoms with van der Waals surface area (Å²) >= 11 is 0. The van der Waals surface area contributed by atoms with Crippen LogP contribution >= 0.6 is 0 Å². The lowest BCUT2D eigenvalue weighted by atomic mass is 9.77. The summed E-state index contributed by atoms with van der Waals surface area (Å²) in [5.74, 6) is 1.16. The van der Waals surface area contributed by atoms with Crippen molar-refractivity contribution in [1.82, 2.24) is 15.8 Å². The number of benzene rings is 2. The van der Waals surface area contributed by atoms with Crippen LogP contribution in [0.3, 0.4) is 0 Å². The van der Waals surface area contributed by atoms with Crippen LogP contribution in [0.15, 0.2) is 42.5 Å². The summed E-state index contributed by atoms with van der Waals surface area (Å²) in [6.45, 7) is 3.30. The summed E-state index contributed by atoms with van der Waals surface area (Å²) < 4.78 is 5.37. The van der Waals surface area contributed by atoms with Crippen molar-refractivity contribution in [3.63, 3.8) is 0 Å². The summed E-state index contributed by atoms with van der Waals surface area (Å²) in [4.78, 5) is 15.6. The fourth-order valence-electron chi connectivity index (χ4n) is 5.21. The van der Waals surface area contributed by atoms with Crippen molar-refractivity contribution in [3.05, 3.63) is 59.2 Å². The maximum atomic E-state index is 13.1. The van der Waals surface area contributed by atoms with Crippen molar-refractivity contribution in [1.29, 1.82) is 0 Å². The van der Waals surface area contributed by atoms with Gasteiger partial charge in [0.25, 0.3) is 0 Å². The first-order valence-corrected chi connectivity index (χ1v) is 11.0. The first kappa shape index (κ1) is 19.5. The lowest BCUT2D eigenvalue weighted by molar-refractivity contribution is -0.118. The molecule has 3 atom stereocenters. The minimum absolute atomic E-state index is 0.0327. The van der Waals surface area contributed by atoms with E-state index in [-0.39, 0.29) is 23.9 Å². The summed E-state index contributed by atoms with van der Waals surface area (Å²) in [5.41, 5.74) is 11.3. The molecule has 30 heavy (non-hydrogen) atoms. The molecule has 0 saturated carbocycles. The van der Waals surface area contributed by atoms with Crippen LogP contribution in [-0.4, -0.2) is 37.0 Å². The Hall–Kier alpha value is -2.41. The second-order valence-corrected chi connectivity index (χ2v) is 8.68. The molecule has 6 nitrogen and oxygen atoms in total. The Balaban J connectivity index is 1.26. The van der Waals surface area contributed by atoms with Gasteiger partial charge in [0.05, 0.1) is 13.2 Å². The summed E-state index contributed by atoms with van der Waals surface area (Å²) in [7, 11) is 1.70. The first-order valence-electron chi connectivity index (χ1n) is 11.0. The van der Waals surface area contributed by atoms with E-state index in [9.17, 15) is 4.79 Å². The molecule has 2 aliphatic heterocycles. The Labute approximate surface area is 178 Å². The minimum Gasteiger partial charge on any atom is -0.497 e. The van der Waals surface area contributed by atoms with Gasteiger partial charge in [0.1, 0.15) is 11.8 Å². The Morgan fingerprint density at radius 2 is 2.03 bits per heavy atom. The number of hydrogen-bond donors (Lipinski definition) is 3. The van der Waals surface area contributed by atoms with Gasteiger partial charge in [0.15, 0.2) is 0 Å². The number of nitrogens with one attached hydrogen (secondary N) is 3. The van der Waals surface area contributed by atoms with E-state index in [1.807, 2.05) is 18.2 Å². The number of hydrogen-bond acceptors (Lipinski definition) is 5. The van der Waals surface area contributed by atoms with Crippen LogP contribution < -0.4 is 20.9 Å². The number of carbonyl (C=O) groups is 1. The molecular formula is C24H30N4O2. The molecule has 2 aromatic carbocycles. The lowest BCUT2D eigenvalue weighted by Gasteiger charge is -2.29. The van der Waals surface area contributed by atoms with Gasteiger partial charge >= 0.3 is 0 Å². The highest BCUT2D eigenvalue weighted by Crippen LogP contribution is 2.40. The zero-order valence-corrected chi connectivity index (χ0v) is 17.5. The van der Waals surface area contributed by atoms with Gasteiger partial charge < -0.3 is 10.1 Å². The molecule has 0 radical (unpaired) electrons. The van der Waals surface area contributed by atoms with Gasteiger partial charge in [0, 0.05) is 18.2 Å². The molecule has 3 unspecified atom stereocenters. The number of likely N-dealkylation sites (tertiary alicyclic amines) is 1. The third-order valence-electron chi connectivity index (χ3n) is 6.76. The average Bonchev–Trinajstić information content (AvgIpc) is 3.43. The normalized spacial score (nSPS) is 25.6. The van der Waals surface area contributed by atoms with Crippen LogP contribution in [0.4, 0.5) is 5.69 Å². The standard InChI is InChI=1S/C24H30N4O2/c1-30-19-8-10-20-17(14-19)7-9-21-22(20)26-27-23(21)24(29)25-18-6-4-5-16(13-18)15-28-11-2-3-12-28/h4-6,8,10,13-14,21-23,26-27H,2-3,7,9,11-12,15H2,1H3,(H,25,29). The number of rotatable bonds is 5. The van der Waals surface area contributed by atoms with Crippen LogP contribution in [0.25, 0.3) is 0 Å². The first-order chi connectivity index (χ1) is 14.7. The maximum absolute atomic E-state index is 13.1. The van der Waals surface area contributed by atoms with E-state index in [1.165, 1.54) is 42.6 Å². The molecule has 0 spiro atoms. The third kappa shape index (κ3) is 3.83. The van der Waals surface area contributed by atoms with E-state index in [0.29, 0.717) is 0 Å². The van der Waals surface area contributed by atoms with E-state index in [1.54, 1.807) is 7.11 Å². The number of hydrazine groups is 1. The fourth-order valence-corrected chi connectivity index (χ4v) is 5.21. The Morgan fingerprint density at radius 1 is 1.17 bits per heavy atom. The number of nitrogens with zero attached hydrogens (tertiary/aromatic N) is 1. The zero-order chi connectivity index (χ0) is 20.5. The smallest absolute Gasteiger partial charge is 0.243 e. The highest BCUT2D eigenvalue weighted by atomic mass is 16.5. The van der Waals surface area contributed by atoms with Gasteiger partial charge in [-0.05, 0) is 79.7 Å². The van der Waals surface area contributed by atoms with E-state index < -0.39 is 0 Å². The number of aryl methyl sites for hydroxylation is 1. The molecule has 1 aliphatic carbocycles. The molecule has 3 N–H and O–H groups in total. The van der Waals surface area contributed by atoms with Gasteiger partial charge in [-0.2, -0.15) is 0 Å². The van der Waals surface area contributed by atoms with Gasteiger partial charge in [-0.25, -0.2) is 10.9 Å². The van der Waals surface area contributed by atoms with Crippen LogP contribution in [0.1, 0.15) is 42.0 Å². The highest BCUT2D eigenvalue weighted by Gasteiger charge is 2.43. The number of amides is 1. The van der Waals surface area contributed by atoms with E-state index in [4.69, 9.17) is 4.74 Å². The molecule has 2 heterocycles. The molecule has 2 fully saturated rings. The van der Waals surface area contributed by atoms with E-state index in [2.05, 4.69) is 45.3 Å². The van der Waals surface area contributed by atoms with Crippen molar-refractivity contribution < 1.29 is 9.53 Å². The zero-order valence-electron chi connectivity index (χ0n) is 17.5. The quantitative estimate of drug-likeness (QED) is 0.712. The van der Waals surface area contributed by atoms with Gasteiger partial charge in [-0.3, -0.25) is 9.69 Å². The largest absolute Gasteiger partial charge is 0.497 e. The Bertz CT molecular complexity index is 925. The van der Waals surface area contributed by atoms with E-state index in [0.717, 1.165) is 30.8 Å². The van der Waals surface area contributed by atoms with E-state index >= 15 is 0 Å². The fraction of sp³-hybridized carbons (Fsp3) is 0.458. The van der Waals surface area contributed by atoms with Crippen molar-refractivity contribution in [3.8, 4) is 5.75 Å². The monoisotopic (exact) mass is 406 g/mol. The topological polar surface area (TPSA) is 65.6 Å². The Morgan fingerprint density at radius 3 is 2.87 bits per heavy atom. The van der Waals surface area contributed by atoms with Crippen molar-refractivity contribution >= 4 is 11.6 Å². The van der Waals surface area contributed by atoms with Crippen molar-refractivity contribution in [2.24, 2.45) is 5.92 Å². The number of anilines is 1. The maximum Gasteiger partial charge on any atom is 0.243 e. The average molecular weight is 407 g/mol. The molecule has 3 aliphatic rings. The molecule has 6 heteroatoms. The third-order valence-corrected chi connectivity index (χ3v) is 6.76. The lowest BCUT2D eigenvalue weighted by Crippen LogP contribution is -2.42. The van der Waals surface area contributed by atoms with Gasteiger partial charge in [-0.1, -0.05) is 18.2 Å². The predicted molar refractivity (Wildman–Crippen MR) is 117 cm³/mol. The van der Waals surface area contributed by atoms with Crippen molar-refractivity contribution in [2.45, 2.75) is 44.3 Å². The second kappa shape index (κ2) is 8.38. The molecule has 2 saturated heterocycles. The van der Waals surface area contributed by atoms with Crippen molar-refractivity contribution in [2.75, 3.05) is 25.5 Å². The predicted octanol–water partition coefficient (Wildman–Crippen LogP) is 3.01. The summed E-state index contributed by atoms with van der Waals surface area (Å²) in [6.07, 6.45) is 4.51. The summed E-state index contributed by atoms with van der Waals surface area (Å²) in [6, 6.07) is 14.4. The number of methoxy groups -OCH3 is 1. The van der Waals surface area contributed by atoms with Crippen LogP contribution in [0, 0.1) is 5.92 Å². The van der Waals surface area contributed by atoms with Crippen LogP contribution in [0.2, 0.25) is 0 Å². The van der Waals surface area contributed by atoms with Gasteiger partial charge in [-0.15, -0.1) is 0 Å². The molecule has 1 amide bonds. The number of fused-ring (bicyclic) bond motifs is 3. The second-order valence-electron chi connectivity index (χ2n) is 8.68. The minimum atomic E-state index is -0.243. The summed E-state index contributed by atoms with van der Waals surface area (Å²) in [5, 5.41) is 3.14. The van der Waals surface area contributed by atoms with Crippen LogP contribution in [-0.2, 0) is 17.8 Å².